The Morgan fingerprint density at radius 3 is 2.34 bits per heavy atom. The lowest BCUT2D eigenvalue weighted by molar-refractivity contribution is -0.116. The topological polar surface area (TPSA) is 65.3 Å². The molecule has 0 aliphatic heterocycles. The number of fused-ring (bicyclic) bond motifs is 1. The second-order valence-electron chi connectivity index (χ2n) is 7.58. The number of hydrogen-bond acceptors (Lipinski definition) is 3. The van der Waals surface area contributed by atoms with E-state index in [1.54, 1.807) is 29.7 Å². The Balaban J connectivity index is 1.73. The summed E-state index contributed by atoms with van der Waals surface area (Å²) in [5, 5.41) is 2.96. The molecule has 1 amide bonds. The van der Waals surface area contributed by atoms with E-state index in [9.17, 15) is 14.0 Å². The summed E-state index contributed by atoms with van der Waals surface area (Å²) in [7, 11) is 0. The van der Waals surface area contributed by atoms with Crippen LogP contribution in [0.1, 0.15) is 28.5 Å². The van der Waals surface area contributed by atoms with Crippen molar-refractivity contribution in [2.75, 3.05) is 11.9 Å². The van der Waals surface area contributed by atoms with Crippen molar-refractivity contribution in [2.24, 2.45) is 0 Å². The molecule has 0 aliphatic rings. The third kappa shape index (κ3) is 4.01. The zero-order valence-electron chi connectivity index (χ0n) is 18.2. The summed E-state index contributed by atoms with van der Waals surface area (Å²) in [6.45, 7) is 5.77. The van der Waals surface area contributed by atoms with Crippen LogP contribution in [0.5, 0.6) is 0 Å². The van der Waals surface area contributed by atoms with Crippen LogP contribution >= 0.6 is 0 Å². The van der Waals surface area contributed by atoms with E-state index < -0.39 is 5.97 Å². The number of ether oxygens (including phenoxy) is 1. The van der Waals surface area contributed by atoms with E-state index in [2.05, 4.69) is 5.32 Å². The van der Waals surface area contributed by atoms with Crippen molar-refractivity contribution >= 4 is 28.6 Å². The molecule has 7 heteroatoms. The van der Waals surface area contributed by atoms with Crippen molar-refractivity contribution < 1.29 is 18.7 Å². The Hall–Kier alpha value is -3.87. The number of aromatic nitrogens is 2. The lowest BCUT2D eigenvalue weighted by Gasteiger charge is -2.13. The molecular formula is C25H24FN3O3. The standard InChI is InChI=1S/C25H24FN3O3/c1-4-32-25(31)22-14-21-20(12-13-28(21)19-10-8-18(26)9-11-19)29(22)15-23(30)27-24-16(2)6-5-7-17(24)3/h5-14H,4,15H2,1-3H3,(H,27,30). The average Bonchev–Trinajstić information content (AvgIpc) is 3.32. The van der Waals surface area contributed by atoms with Gasteiger partial charge >= 0.3 is 5.97 Å². The van der Waals surface area contributed by atoms with Gasteiger partial charge < -0.3 is 19.2 Å². The van der Waals surface area contributed by atoms with Gasteiger partial charge in [0, 0.05) is 17.6 Å². The van der Waals surface area contributed by atoms with E-state index in [0.717, 1.165) is 28.0 Å². The van der Waals surface area contributed by atoms with Gasteiger partial charge in [0.25, 0.3) is 0 Å². The van der Waals surface area contributed by atoms with Crippen LogP contribution in [0.3, 0.4) is 0 Å². The monoisotopic (exact) mass is 433 g/mol. The van der Waals surface area contributed by atoms with Crippen molar-refractivity contribution in [1.82, 2.24) is 9.13 Å². The number of amides is 1. The normalized spacial score (nSPS) is 11.0. The summed E-state index contributed by atoms with van der Waals surface area (Å²) >= 11 is 0. The number of carbonyl (C=O) groups is 2. The summed E-state index contributed by atoms with van der Waals surface area (Å²) in [5.74, 6) is -1.08. The van der Waals surface area contributed by atoms with Crippen LogP contribution in [0.25, 0.3) is 16.7 Å². The number of carbonyl (C=O) groups excluding carboxylic acids is 2. The van der Waals surface area contributed by atoms with Crippen LogP contribution in [0.4, 0.5) is 10.1 Å². The highest BCUT2D eigenvalue weighted by molar-refractivity contribution is 5.98. The Morgan fingerprint density at radius 1 is 1.00 bits per heavy atom. The van der Waals surface area contributed by atoms with E-state index >= 15 is 0 Å². The fourth-order valence-corrected chi connectivity index (χ4v) is 3.85. The molecule has 0 spiro atoms. The number of rotatable bonds is 6. The maximum Gasteiger partial charge on any atom is 0.355 e. The number of halogens is 1. The molecule has 0 aliphatic carbocycles. The van der Waals surface area contributed by atoms with Gasteiger partial charge in [-0.2, -0.15) is 0 Å². The lowest BCUT2D eigenvalue weighted by Crippen LogP contribution is -2.22. The van der Waals surface area contributed by atoms with Crippen molar-refractivity contribution in [2.45, 2.75) is 27.3 Å². The number of aryl methyl sites for hydroxylation is 2. The largest absolute Gasteiger partial charge is 0.461 e. The van der Waals surface area contributed by atoms with Gasteiger partial charge in [-0.3, -0.25) is 4.79 Å². The highest BCUT2D eigenvalue weighted by atomic mass is 19.1. The van der Waals surface area contributed by atoms with Crippen LogP contribution < -0.4 is 5.32 Å². The Bertz CT molecular complexity index is 1280. The molecule has 0 radical (unpaired) electrons. The first-order chi connectivity index (χ1) is 15.4. The van der Waals surface area contributed by atoms with E-state index in [1.807, 2.05) is 48.9 Å². The second-order valence-corrected chi connectivity index (χ2v) is 7.58. The Kier molecular flexibility index (Phi) is 5.81. The van der Waals surface area contributed by atoms with Crippen LogP contribution in [0, 0.1) is 19.7 Å². The Morgan fingerprint density at radius 2 is 1.69 bits per heavy atom. The Labute approximate surface area is 185 Å². The SMILES string of the molecule is CCOC(=O)c1cc2c(ccn2-c2ccc(F)cc2)n1CC(=O)Nc1c(C)cccc1C. The lowest BCUT2D eigenvalue weighted by atomic mass is 10.1. The number of nitrogens with zero attached hydrogens (tertiary/aromatic N) is 2. The maximum atomic E-state index is 13.4. The molecule has 6 nitrogen and oxygen atoms in total. The molecule has 4 rings (SSSR count). The summed E-state index contributed by atoms with van der Waals surface area (Å²) in [5.41, 5.74) is 5.14. The van der Waals surface area contributed by atoms with Crippen LogP contribution in [0.2, 0.25) is 0 Å². The van der Waals surface area contributed by atoms with Crippen molar-refractivity contribution in [3.63, 3.8) is 0 Å². The van der Waals surface area contributed by atoms with Gasteiger partial charge in [0.1, 0.15) is 18.1 Å². The number of para-hydroxylation sites is 1. The van der Waals surface area contributed by atoms with Gasteiger partial charge in [0.15, 0.2) is 0 Å². The van der Waals surface area contributed by atoms with Crippen LogP contribution in [-0.2, 0) is 16.1 Å². The summed E-state index contributed by atoms with van der Waals surface area (Å²) in [6, 6.07) is 15.4. The smallest absolute Gasteiger partial charge is 0.355 e. The minimum absolute atomic E-state index is 0.0567. The third-order valence-corrected chi connectivity index (χ3v) is 5.40. The average molecular weight is 433 g/mol. The third-order valence-electron chi connectivity index (χ3n) is 5.40. The molecular weight excluding hydrogens is 409 g/mol. The number of benzene rings is 2. The van der Waals surface area contributed by atoms with E-state index in [4.69, 9.17) is 4.74 Å². The first kappa shape index (κ1) is 21.4. The van der Waals surface area contributed by atoms with Gasteiger partial charge in [0.05, 0.1) is 17.6 Å². The molecule has 164 valence electrons. The zero-order chi connectivity index (χ0) is 22.8. The van der Waals surface area contributed by atoms with Crippen molar-refractivity contribution in [3.8, 4) is 5.69 Å². The minimum atomic E-state index is -0.505. The molecule has 0 fully saturated rings. The predicted molar refractivity (Wildman–Crippen MR) is 122 cm³/mol. The molecule has 2 heterocycles. The zero-order valence-corrected chi connectivity index (χ0v) is 18.2. The predicted octanol–water partition coefficient (Wildman–Crippen LogP) is 5.00. The number of hydrogen-bond donors (Lipinski definition) is 1. The highest BCUT2D eigenvalue weighted by Gasteiger charge is 2.21. The van der Waals surface area contributed by atoms with Gasteiger partial charge in [0.2, 0.25) is 5.91 Å². The number of nitrogens with one attached hydrogen (secondary N) is 1. The minimum Gasteiger partial charge on any atom is -0.461 e. The molecule has 4 aromatic rings. The number of anilines is 1. The van der Waals surface area contributed by atoms with Gasteiger partial charge in [-0.15, -0.1) is 0 Å². The van der Waals surface area contributed by atoms with Crippen LogP contribution in [0.15, 0.2) is 60.8 Å². The molecule has 32 heavy (non-hydrogen) atoms. The molecule has 0 saturated carbocycles. The number of esters is 1. The van der Waals surface area contributed by atoms with Gasteiger partial charge in [-0.25, -0.2) is 9.18 Å². The highest BCUT2D eigenvalue weighted by Crippen LogP contribution is 2.26. The fraction of sp³-hybridized carbons (Fsp3) is 0.200. The summed E-state index contributed by atoms with van der Waals surface area (Å²) in [6.07, 6.45) is 1.83. The quantitative estimate of drug-likeness (QED) is 0.435. The van der Waals surface area contributed by atoms with Crippen LogP contribution in [-0.4, -0.2) is 27.6 Å². The van der Waals surface area contributed by atoms with Gasteiger partial charge in [-0.05, 0) is 68.3 Å². The first-order valence-electron chi connectivity index (χ1n) is 10.4. The molecule has 0 saturated heterocycles. The fourth-order valence-electron chi connectivity index (χ4n) is 3.85. The van der Waals surface area contributed by atoms with E-state index in [1.165, 1.54) is 12.1 Å². The maximum absolute atomic E-state index is 13.4. The molecule has 2 aromatic carbocycles. The van der Waals surface area contributed by atoms with Crippen molar-refractivity contribution in [3.05, 3.63) is 83.4 Å². The van der Waals surface area contributed by atoms with E-state index in [0.29, 0.717) is 5.52 Å². The second kappa shape index (κ2) is 8.70. The van der Waals surface area contributed by atoms with E-state index in [-0.39, 0.29) is 30.6 Å². The van der Waals surface area contributed by atoms with Gasteiger partial charge in [-0.1, -0.05) is 18.2 Å². The molecule has 0 bridgehead atoms. The molecule has 0 unspecified atom stereocenters. The molecule has 1 N–H and O–H groups in total. The first-order valence-corrected chi connectivity index (χ1v) is 10.4. The summed E-state index contributed by atoms with van der Waals surface area (Å²) in [4.78, 5) is 25.6. The van der Waals surface area contributed by atoms with Crippen molar-refractivity contribution in [1.29, 1.82) is 0 Å². The molecule has 2 aromatic heterocycles. The summed E-state index contributed by atoms with van der Waals surface area (Å²) < 4.78 is 22.1. The molecule has 0 atom stereocenters.